The van der Waals surface area contributed by atoms with Crippen LogP contribution in [0.15, 0.2) is 24.5 Å². The van der Waals surface area contributed by atoms with E-state index in [2.05, 4.69) is 15.6 Å². The molecule has 12 heavy (non-hydrogen) atoms. The van der Waals surface area contributed by atoms with Gasteiger partial charge in [0, 0.05) is 18.9 Å². The highest BCUT2D eigenvalue weighted by atomic mass is 32.1. The lowest BCUT2D eigenvalue weighted by molar-refractivity contribution is 0.706. The van der Waals surface area contributed by atoms with E-state index < -0.39 is 0 Å². The second-order valence-corrected chi connectivity index (χ2v) is 3.10. The lowest BCUT2D eigenvalue weighted by Gasteiger charge is -2.07. The minimum absolute atomic E-state index is 0.306. The molecule has 3 nitrogen and oxygen atoms in total. The van der Waals surface area contributed by atoms with Gasteiger partial charge in [0.25, 0.3) is 0 Å². The van der Waals surface area contributed by atoms with Crippen LogP contribution in [0.5, 0.6) is 0 Å². The van der Waals surface area contributed by atoms with Crippen LogP contribution in [0, 0.1) is 0 Å². The number of aromatic nitrogens is 1. The summed E-state index contributed by atoms with van der Waals surface area (Å²) in [5.74, 6) is 0. The van der Waals surface area contributed by atoms with Gasteiger partial charge < -0.3 is 10.6 Å². The number of thiocarbonyl (C=S) groups is 1. The molecule has 1 fully saturated rings. The molecule has 4 heteroatoms. The number of rotatable bonds is 1. The van der Waals surface area contributed by atoms with E-state index in [9.17, 15) is 0 Å². The molecule has 1 saturated heterocycles. The van der Waals surface area contributed by atoms with E-state index in [0.717, 1.165) is 11.7 Å². The maximum atomic E-state index is 4.96. The molecule has 1 aliphatic heterocycles. The van der Waals surface area contributed by atoms with Gasteiger partial charge in [-0.05, 0) is 29.9 Å². The quantitative estimate of drug-likeness (QED) is 0.619. The van der Waals surface area contributed by atoms with Gasteiger partial charge in [-0.3, -0.25) is 4.98 Å². The SMILES string of the molecule is S=C1NCC(c2ccncc2)N1. The van der Waals surface area contributed by atoms with Gasteiger partial charge in [-0.1, -0.05) is 0 Å². The Morgan fingerprint density at radius 2 is 2.17 bits per heavy atom. The Labute approximate surface area is 76.2 Å². The Morgan fingerprint density at radius 1 is 1.42 bits per heavy atom. The van der Waals surface area contributed by atoms with Crippen molar-refractivity contribution in [1.29, 1.82) is 0 Å². The van der Waals surface area contributed by atoms with Crippen LogP contribution in [0.1, 0.15) is 11.6 Å². The topological polar surface area (TPSA) is 37.0 Å². The molecule has 1 aliphatic rings. The van der Waals surface area contributed by atoms with Crippen molar-refractivity contribution in [2.75, 3.05) is 6.54 Å². The molecule has 1 atom stereocenters. The van der Waals surface area contributed by atoms with Crippen molar-refractivity contribution < 1.29 is 0 Å². The van der Waals surface area contributed by atoms with E-state index in [1.807, 2.05) is 12.1 Å². The van der Waals surface area contributed by atoms with Crippen molar-refractivity contribution in [3.63, 3.8) is 0 Å². The Kier molecular flexibility index (Phi) is 1.91. The Morgan fingerprint density at radius 3 is 2.75 bits per heavy atom. The second-order valence-electron chi connectivity index (χ2n) is 2.69. The average molecular weight is 179 g/mol. The molecule has 2 N–H and O–H groups in total. The molecule has 0 bridgehead atoms. The van der Waals surface area contributed by atoms with Crippen LogP contribution in [0.4, 0.5) is 0 Å². The van der Waals surface area contributed by atoms with Crippen LogP contribution in [0.3, 0.4) is 0 Å². The maximum absolute atomic E-state index is 4.96. The number of nitrogens with one attached hydrogen (secondary N) is 2. The Hall–Kier alpha value is -1.16. The van der Waals surface area contributed by atoms with Crippen LogP contribution >= 0.6 is 12.2 Å². The van der Waals surface area contributed by atoms with Crippen molar-refractivity contribution in [1.82, 2.24) is 15.6 Å². The fourth-order valence-electron chi connectivity index (χ4n) is 1.25. The van der Waals surface area contributed by atoms with Crippen molar-refractivity contribution in [3.8, 4) is 0 Å². The van der Waals surface area contributed by atoms with E-state index in [0.29, 0.717) is 6.04 Å². The summed E-state index contributed by atoms with van der Waals surface area (Å²) in [5, 5.41) is 6.96. The molecule has 1 aromatic rings. The lowest BCUT2D eigenvalue weighted by atomic mass is 10.1. The zero-order chi connectivity index (χ0) is 8.39. The first-order valence-corrected chi connectivity index (χ1v) is 4.21. The minimum Gasteiger partial charge on any atom is -0.360 e. The number of nitrogens with zero attached hydrogens (tertiary/aromatic N) is 1. The monoisotopic (exact) mass is 179 g/mol. The molecule has 0 aliphatic carbocycles. The molecule has 0 spiro atoms. The summed E-state index contributed by atoms with van der Waals surface area (Å²) in [5.41, 5.74) is 1.22. The van der Waals surface area contributed by atoms with Gasteiger partial charge in [-0.25, -0.2) is 0 Å². The van der Waals surface area contributed by atoms with Crippen LogP contribution in [-0.2, 0) is 0 Å². The predicted octanol–water partition coefficient (Wildman–Crippen LogP) is 0.600. The third kappa shape index (κ3) is 1.38. The van der Waals surface area contributed by atoms with E-state index in [1.165, 1.54) is 5.56 Å². The highest BCUT2D eigenvalue weighted by Gasteiger charge is 2.18. The van der Waals surface area contributed by atoms with Gasteiger partial charge in [-0.2, -0.15) is 0 Å². The number of hydrogen-bond donors (Lipinski definition) is 2. The molecule has 0 saturated carbocycles. The maximum Gasteiger partial charge on any atom is 0.166 e. The molecule has 2 heterocycles. The minimum atomic E-state index is 0.306. The lowest BCUT2D eigenvalue weighted by Crippen LogP contribution is -2.21. The molecular weight excluding hydrogens is 170 g/mol. The second kappa shape index (κ2) is 3.06. The van der Waals surface area contributed by atoms with Crippen molar-refractivity contribution >= 4 is 17.3 Å². The fraction of sp³-hybridized carbons (Fsp3) is 0.250. The smallest absolute Gasteiger partial charge is 0.166 e. The summed E-state index contributed by atoms with van der Waals surface area (Å²) in [4.78, 5) is 3.95. The van der Waals surface area contributed by atoms with E-state index in [1.54, 1.807) is 12.4 Å². The molecule has 1 unspecified atom stereocenters. The van der Waals surface area contributed by atoms with Crippen molar-refractivity contribution in [2.45, 2.75) is 6.04 Å². The van der Waals surface area contributed by atoms with Gasteiger partial charge in [0.1, 0.15) is 0 Å². The Balaban J connectivity index is 2.16. The third-order valence-corrected chi connectivity index (χ3v) is 2.14. The molecule has 1 aromatic heterocycles. The molecule has 0 amide bonds. The zero-order valence-electron chi connectivity index (χ0n) is 6.45. The summed E-state index contributed by atoms with van der Waals surface area (Å²) in [6, 6.07) is 4.29. The average Bonchev–Trinajstić information content (AvgIpc) is 2.54. The van der Waals surface area contributed by atoms with E-state index >= 15 is 0 Å². The van der Waals surface area contributed by atoms with Crippen LogP contribution < -0.4 is 10.6 Å². The first-order valence-electron chi connectivity index (χ1n) is 3.80. The van der Waals surface area contributed by atoms with Crippen LogP contribution in [0.2, 0.25) is 0 Å². The largest absolute Gasteiger partial charge is 0.360 e. The summed E-state index contributed by atoms with van der Waals surface area (Å²) >= 11 is 4.96. The summed E-state index contributed by atoms with van der Waals surface area (Å²) < 4.78 is 0. The van der Waals surface area contributed by atoms with Gasteiger partial charge >= 0.3 is 0 Å². The highest BCUT2D eigenvalue weighted by molar-refractivity contribution is 7.80. The zero-order valence-corrected chi connectivity index (χ0v) is 7.27. The van der Waals surface area contributed by atoms with Gasteiger partial charge in [0.15, 0.2) is 5.11 Å². The fourth-order valence-corrected chi connectivity index (χ4v) is 1.48. The van der Waals surface area contributed by atoms with Crippen molar-refractivity contribution in [3.05, 3.63) is 30.1 Å². The predicted molar refractivity (Wildman–Crippen MR) is 50.7 cm³/mol. The summed E-state index contributed by atoms with van der Waals surface area (Å²) in [7, 11) is 0. The number of pyridine rings is 1. The first-order chi connectivity index (χ1) is 5.86. The molecule has 2 rings (SSSR count). The van der Waals surface area contributed by atoms with Gasteiger partial charge in [0.05, 0.1) is 6.04 Å². The molecular formula is C8H9N3S. The van der Waals surface area contributed by atoms with Gasteiger partial charge in [0.2, 0.25) is 0 Å². The van der Waals surface area contributed by atoms with Gasteiger partial charge in [-0.15, -0.1) is 0 Å². The van der Waals surface area contributed by atoms with Crippen LogP contribution in [-0.4, -0.2) is 16.6 Å². The molecule has 62 valence electrons. The highest BCUT2D eigenvalue weighted by Crippen LogP contribution is 2.13. The van der Waals surface area contributed by atoms with E-state index in [4.69, 9.17) is 12.2 Å². The third-order valence-electron chi connectivity index (χ3n) is 1.88. The summed E-state index contributed by atoms with van der Waals surface area (Å²) in [6.07, 6.45) is 3.58. The molecule has 0 radical (unpaired) electrons. The number of hydrogen-bond acceptors (Lipinski definition) is 2. The first kappa shape index (κ1) is 7.49. The van der Waals surface area contributed by atoms with E-state index in [-0.39, 0.29) is 0 Å². The van der Waals surface area contributed by atoms with Crippen LogP contribution in [0.25, 0.3) is 0 Å². The molecule has 0 aromatic carbocycles. The summed E-state index contributed by atoms with van der Waals surface area (Å²) in [6.45, 7) is 0.864. The van der Waals surface area contributed by atoms with Crippen molar-refractivity contribution in [2.24, 2.45) is 0 Å². The standard InChI is InChI=1S/C8H9N3S/c12-8-10-5-7(11-8)6-1-3-9-4-2-6/h1-4,7H,5H2,(H2,10,11,12). The Bertz CT molecular complexity index is 286. The normalized spacial score (nSPS) is 21.7.